The van der Waals surface area contributed by atoms with Crippen molar-refractivity contribution in [2.24, 2.45) is 11.7 Å². The summed E-state index contributed by atoms with van der Waals surface area (Å²) in [5.74, 6) is 0.165. The van der Waals surface area contributed by atoms with Gasteiger partial charge in [0, 0.05) is 6.04 Å². The molecule has 2 heteroatoms. The van der Waals surface area contributed by atoms with Crippen LogP contribution >= 0.6 is 0 Å². The number of rotatable bonds is 2. The minimum Gasteiger partial charge on any atom is -0.324 e. The lowest BCUT2D eigenvalue weighted by molar-refractivity contribution is 0.517. The molecule has 0 fully saturated rings. The second-order valence-corrected chi connectivity index (χ2v) is 4.48. The van der Waals surface area contributed by atoms with E-state index in [2.05, 4.69) is 13.8 Å². The van der Waals surface area contributed by atoms with E-state index in [1.165, 1.54) is 6.07 Å². The fraction of sp³-hybridized carbons (Fsp3) is 0.286. The number of benzene rings is 2. The first-order valence-electron chi connectivity index (χ1n) is 5.53. The van der Waals surface area contributed by atoms with Gasteiger partial charge in [0.25, 0.3) is 0 Å². The zero-order valence-corrected chi connectivity index (χ0v) is 9.57. The van der Waals surface area contributed by atoms with E-state index in [4.69, 9.17) is 5.73 Å². The van der Waals surface area contributed by atoms with Crippen LogP contribution in [0.3, 0.4) is 0 Å². The standard InChI is InChI=1S/C14H16FN/c1-9(2)14(16)13-5-3-4-10-8-11(15)6-7-12(10)13/h3-9,14H,16H2,1-2H3. The molecular formula is C14H16FN. The Morgan fingerprint density at radius 2 is 1.88 bits per heavy atom. The highest BCUT2D eigenvalue weighted by atomic mass is 19.1. The van der Waals surface area contributed by atoms with Gasteiger partial charge in [-0.15, -0.1) is 0 Å². The largest absolute Gasteiger partial charge is 0.324 e. The third-order valence-corrected chi connectivity index (χ3v) is 2.95. The normalized spacial score (nSPS) is 13.3. The molecule has 1 atom stereocenters. The third kappa shape index (κ3) is 1.93. The molecule has 1 unspecified atom stereocenters. The van der Waals surface area contributed by atoms with Crippen molar-refractivity contribution in [2.75, 3.05) is 0 Å². The van der Waals surface area contributed by atoms with Gasteiger partial charge in [-0.25, -0.2) is 4.39 Å². The van der Waals surface area contributed by atoms with E-state index in [1.807, 2.05) is 24.3 Å². The van der Waals surface area contributed by atoms with Crippen LogP contribution in [0.4, 0.5) is 4.39 Å². The van der Waals surface area contributed by atoms with Crippen LogP contribution in [0.1, 0.15) is 25.5 Å². The molecule has 0 aliphatic heterocycles. The van der Waals surface area contributed by atoms with Gasteiger partial charge in [0.1, 0.15) is 5.82 Å². The van der Waals surface area contributed by atoms with Crippen LogP contribution in [0.5, 0.6) is 0 Å². The maximum absolute atomic E-state index is 13.1. The van der Waals surface area contributed by atoms with E-state index in [9.17, 15) is 4.39 Å². The zero-order chi connectivity index (χ0) is 11.7. The molecule has 0 aliphatic rings. The van der Waals surface area contributed by atoms with Crippen molar-refractivity contribution in [3.8, 4) is 0 Å². The molecule has 2 N–H and O–H groups in total. The average molecular weight is 217 g/mol. The summed E-state index contributed by atoms with van der Waals surface area (Å²) in [5.41, 5.74) is 7.24. The Bertz CT molecular complexity index is 505. The zero-order valence-electron chi connectivity index (χ0n) is 9.57. The van der Waals surface area contributed by atoms with Crippen LogP contribution < -0.4 is 5.73 Å². The number of halogens is 1. The molecule has 0 amide bonds. The van der Waals surface area contributed by atoms with Crippen LogP contribution in [-0.2, 0) is 0 Å². The van der Waals surface area contributed by atoms with Crippen molar-refractivity contribution in [1.29, 1.82) is 0 Å². The first-order chi connectivity index (χ1) is 7.59. The monoisotopic (exact) mass is 217 g/mol. The minimum absolute atomic E-state index is 0.00541. The topological polar surface area (TPSA) is 26.0 Å². The minimum atomic E-state index is -0.206. The van der Waals surface area contributed by atoms with Crippen LogP contribution in [0.15, 0.2) is 36.4 Å². The molecule has 0 saturated heterocycles. The highest BCUT2D eigenvalue weighted by Crippen LogP contribution is 2.27. The fourth-order valence-corrected chi connectivity index (χ4v) is 1.93. The second kappa shape index (κ2) is 4.22. The molecule has 84 valence electrons. The van der Waals surface area contributed by atoms with Gasteiger partial charge in [0.15, 0.2) is 0 Å². The Balaban J connectivity index is 2.62. The summed E-state index contributed by atoms with van der Waals surface area (Å²) in [6.07, 6.45) is 0. The van der Waals surface area contributed by atoms with E-state index in [0.29, 0.717) is 5.92 Å². The Kier molecular flexibility index (Phi) is 2.92. The van der Waals surface area contributed by atoms with Crippen LogP contribution in [0.25, 0.3) is 10.8 Å². The predicted octanol–water partition coefficient (Wildman–Crippen LogP) is 3.63. The van der Waals surface area contributed by atoms with E-state index < -0.39 is 0 Å². The number of fused-ring (bicyclic) bond motifs is 1. The van der Waals surface area contributed by atoms with Gasteiger partial charge < -0.3 is 5.73 Å². The van der Waals surface area contributed by atoms with Gasteiger partial charge in [0.2, 0.25) is 0 Å². The van der Waals surface area contributed by atoms with E-state index >= 15 is 0 Å². The van der Waals surface area contributed by atoms with Gasteiger partial charge in [-0.2, -0.15) is 0 Å². The van der Waals surface area contributed by atoms with Crippen molar-refractivity contribution in [3.63, 3.8) is 0 Å². The Morgan fingerprint density at radius 3 is 2.56 bits per heavy atom. The fourth-order valence-electron chi connectivity index (χ4n) is 1.93. The lowest BCUT2D eigenvalue weighted by atomic mass is 9.92. The molecule has 0 bridgehead atoms. The number of hydrogen-bond acceptors (Lipinski definition) is 1. The van der Waals surface area contributed by atoms with Crippen LogP contribution in [-0.4, -0.2) is 0 Å². The summed E-state index contributed by atoms with van der Waals surface area (Å²) in [4.78, 5) is 0. The smallest absolute Gasteiger partial charge is 0.123 e. The van der Waals surface area contributed by atoms with E-state index in [0.717, 1.165) is 16.3 Å². The molecule has 0 aromatic heterocycles. The molecular weight excluding hydrogens is 201 g/mol. The van der Waals surface area contributed by atoms with E-state index in [1.54, 1.807) is 6.07 Å². The summed E-state index contributed by atoms with van der Waals surface area (Å²) in [7, 11) is 0. The van der Waals surface area contributed by atoms with E-state index in [-0.39, 0.29) is 11.9 Å². The summed E-state index contributed by atoms with van der Waals surface area (Å²) in [6.45, 7) is 4.18. The molecule has 2 rings (SSSR count). The van der Waals surface area contributed by atoms with Crippen molar-refractivity contribution in [2.45, 2.75) is 19.9 Å². The molecule has 0 spiro atoms. The van der Waals surface area contributed by atoms with Crippen molar-refractivity contribution in [1.82, 2.24) is 0 Å². The van der Waals surface area contributed by atoms with Crippen LogP contribution in [0.2, 0.25) is 0 Å². The van der Waals surface area contributed by atoms with Gasteiger partial charge in [-0.1, -0.05) is 38.1 Å². The first-order valence-corrected chi connectivity index (χ1v) is 5.53. The Labute approximate surface area is 95.1 Å². The van der Waals surface area contributed by atoms with Gasteiger partial charge in [-0.05, 0) is 34.4 Å². The Morgan fingerprint density at radius 1 is 1.12 bits per heavy atom. The first kappa shape index (κ1) is 11.1. The quantitative estimate of drug-likeness (QED) is 0.816. The summed E-state index contributed by atoms with van der Waals surface area (Å²) in [5, 5.41) is 1.96. The second-order valence-electron chi connectivity index (χ2n) is 4.48. The van der Waals surface area contributed by atoms with Gasteiger partial charge in [-0.3, -0.25) is 0 Å². The molecule has 0 heterocycles. The summed E-state index contributed by atoms with van der Waals surface area (Å²) >= 11 is 0. The van der Waals surface area contributed by atoms with Crippen molar-refractivity contribution >= 4 is 10.8 Å². The maximum Gasteiger partial charge on any atom is 0.123 e. The highest BCUT2D eigenvalue weighted by Gasteiger charge is 2.13. The molecule has 2 aromatic carbocycles. The maximum atomic E-state index is 13.1. The summed E-state index contributed by atoms with van der Waals surface area (Å²) in [6, 6.07) is 10.7. The molecule has 0 radical (unpaired) electrons. The molecule has 16 heavy (non-hydrogen) atoms. The lowest BCUT2D eigenvalue weighted by Crippen LogP contribution is -2.16. The highest BCUT2D eigenvalue weighted by molar-refractivity contribution is 5.86. The lowest BCUT2D eigenvalue weighted by Gasteiger charge is -2.18. The van der Waals surface area contributed by atoms with Crippen molar-refractivity contribution < 1.29 is 4.39 Å². The van der Waals surface area contributed by atoms with Gasteiger partial charge in [0.05, 0.1) is 0 Å². The predicted molar refractivity (Wildman–Crippen MR) is 65.7 cm³/mol. The van der Waals surface area contributed by atoms with Crippen LogP contribution in [0, 0.1) is 11.7 Å². The van der Waals surface area contributed by atoms with Crippen molar-refractivity contribution in [3.05, 3.63) is 47.8 Å². The molecule has 1 nitrogen and oxygen atoms in total. The molecule has 0 saturated carbocycles. The average Bonchev–Trinajstić information content (AvgIpc) is 2.26. The van der Waals surface area contributed by atoms with Gasteiger partial charge >= 0.3 is 0 Å². The Hall–Kier alpha value is -1.41. The number of hydrogen-bond donors (Lipinski definition) is 1. The SMILES string of the molecule is CC(C)C(N)c1cccc2cc(F)ccc12. The summed E-state index contributed by atoms with van der Waals surface area (Å²) < 4.78 is 13.1. The third-order valence-electron chi connectivity index (χ3n) is 2.95. The number of nitrogens with two attached hydrogens (primary N) is 1. The molecule has 0 aliphatic carbocycles. The molecule has 2 aromatic rings.